The first-order valence-electron chi connectivity index (χ1n) is 19.5. The van der Waals surface area contributed by atoms with Crippen LogP contribution in [0.3, 0.4) is 0 Å². The van der Waals surface area contributed by atoms with Crippen molar-refractivity contribution in [2.75, 3.05) is 0 Å². The Morgan fingerprint density at radius 2 is 1.41 bits per heavy atom. The topological polar surface area (TPSA) is 76.7 Å². The van der Waals surface area contributed by atoms with Crippen LogP contribution in [0.25, 0.3) is 116 Å². The molecular weight excluding hydrogens is 910 g/mol. The number of aromatic hydroxyl groups is 1. The number of imidazole rings is 1. The summed E-state index contributed by atoms with van der Waals surface area (Å²) in [5.41, 5.74) is 11.6. The van der Waals surface area contributed by atoms with Crippen LogP contribution in [0.2, 0.25) is 0 Å². The second-order valence-corrected chi connectivity index (χ2v) is 16.3. The third-order valence-corrected chi connectivity index (χ3v) is 11.8. The Hall–Kier alpha value is -6.75. The predicted molar refractivity (Wildman–Crippen MR) is 236 cm³/mol. The van der Waals surface area contributed by atoms with Crippen molar-refractivity contribution >= 4 is 82.2 Å². The molecule has 5 heterocycles. The van der Waals surface area contributed by atoms with Crippen LogP contribution < -0.4 is 0 Å². The van der Waals surface area contributed by atoms with E-state index in [1.165, 1.54) is 0 Å². The number of benzene rings is 7. The Balaban J connectivity index is 0.00000397. The molecule has 0 amide bonds. The number of aromatic nitrogens is 3. The average molecular weight is 944 g/mol. The quantitative estimate of drug-likeness (QED) is 0.179. The van der Waals surface area contributed by atoms with Gasteiger partial charge in [0.15, 0.2) is 17.0 Å². The summed E-state index contributed by atoms with van der Waals surface area (Å²) in [7, 11) is 0. The number of phenolic OH excluding ortho intramolecular Hbond substituents is 1. The van der Waals surface area contributed by atoms with E-state index in [2.05, 4.69) is 122 Å². The molecule has 0 radical (unpaired) electrons. The molecule has 286 valence electrons. The van der Waals surface area contributed by atoms with Crippen LogP contribution in [0.5, 0.6) is 5.75 Å². The van der Waals surface area contributed by atoms with Crippen LogP contribution >= 0.6 is 0 Å². The van der Waals surface area contributed by atoms with Gasteiger partial charge < -0.3 is 13.9 Å². The molecule has 0 bridgehead atoms. The maximum atomic E-state index is 12.5. The summed E-state index contributed by atoms with van der Waals surface area (Å²) in [5.74, 6) is 0.0507. The Morgan fingerprint density at radius 3 is 2.25 bits per heavy atom. The molecule has 12 aromatic rings. The number of pyridine rings is 2. The minimum atomic E-state index is -0.159. The Labute approximate surface area is 352 Å². The molecule has 0 atom stereocenters. The van der Waals surface area contributed by atoms with E-state index in [-0.39, 0.29) is 32.2 Å². The number of hydrogen-bond acceptors (Lipinski definition) is 5. The largest absolute Gasteiger partial charge is 0.504 e. The third-order valence-electron chi connectivity index (χ3n) is 11.8. The van der Waals surface area contributed by atoms with Crippen molar-refractivity contribution in [3.63, 3.8) is 0 Å². The van der Waals surface area contributed by atoms with Gasteiger partial charge in [-0.2, -0.15) is 0 Å². The Bertz CT molecular complexity index is 3680. The van der Waals surface area contributed by atoms with Crippen LogP contribution in [-0.4, -0.2) is 19.5 Å². The molecule has 0 aliphatic rings. The number of hydrogen-bond donors (Lipinski definition) is 1. The van der Waals surface area contributed by atoms with Crippen molar-refractivity contribution < 1.29 is 35.0 Å². The molecule has 0 saturated heterocycles. The van der Waals surface area contributed by atoms with Gasteiger partial charge in [-0.05, 0) is 57.6 Å². The zero-order valence-corrected chi connectivity index (χ0v) is 34.6. The molecule has 1 N–H and O–H groups in total. The third kappa shape index (κ3) is 5.22. The maximum Gasteiger partial charge on any atom is 0.214 e. The van der Waals surface area contributed by atoms with Crippen molar-refractivity contribution in [3.8, 4) is 39.3 Å². The number of rotatable bonds is 3. The minimum Gasteiger partial charge on any atom is -0.504 e. The van der Waals surface area contributed by atoms with Gasteiger partial charge in [0.05, 0.1) is 21.8 Å². The predicted octanol–water partition coefficient (Wildman–Crippen LogP) is 13.8. The molecule has 12 rings (SSSR count). The number of nitrogens with zero attached hydrogens (tertiary/aromatic N) is 3. The summed E-state index contributed by atoms with van der Waals surface area (Å²) in [6.07, 6.45) is 1.87. The number of furan rings is 2. The van der Waals surface area contributed by atoms with Crippen molar-refractivity contribution in [1.29, 1.82) is 0 Å². The van der Waals surface area contributed by atoms with Gasteiger partial charge in [-0.25, -0.2) is 4.98 Å². The van der Waals surface area contributed by atoms with Crippen LogP contribution in [0, 0.1) is 6.07 Å². The van der Waals surface area contributed by atoms with Crippen LogP contribution in [0.1, 0.15) is 26.3 Å². The average Bonchev–Trinajstić information content (AvgIpc) is 3.96. The zero-order valence-electron chi connectivity index (χ0n) is 32.3. The fourth-order valence-electron chi connectivity index (χ4n) is 8.90. The number of para-hydroxylation sites is 2. The monoisotopic (exact) mass is 943 g/mol. The van der Waals surface area contributed by atoms with Gasteiger partial charge in [0.1, 0.15) is 11.2 Å². The van der Waals surface area contributed by atoms with Crippen molar-refractivity contribution in [2.24, 2.45) is 0 Å². The van der Waals surface area contributed by atoms with E-state index in [9.17, 15) is 5.11 Å². The van der Waals surface area contributed by atoms with Gasteiger partial charge in [-0.15, -0.1) is 29.3 Å². The van der Waals surface area contributed by atoms with Crippen molar-refractivity contribution in [1.82, 2.24) is 14.4 Å². The molecular formula is C52H34N3O3Pt-. The van der Waals surface area contributed by atoms with E-state index >= 15 is 0 Å². The van der Waals surface area contributed by atoms with E-state index in [4.69, 9.17) is 18.8 Å². The standard InChI is InChI=1S/C52H34N3O3.Pt/c1-52(2,3)34-25-32(24-33(26-34)40-27-31(22-23-53-40)29-12-5-4-6-13-29)36-17-11-18-41-47(36)54-50-46-38(45-37-16-9-10-19-42(37)58-51(45)55(41)50)28-39-44-35-15-8-7-14-30(35)20-21-43(44)57-49(39)48(46)56;/h4-23,25-28,56H,1-3H3;/q-1;. The molecule has 0 aliphatic heterocycles. The van der Waals surface area contributed by atoms with Crippen molar-refractivity contribution in [2.45, 2.75) is 26.2 Å². The Kier molecular flexibility index (Phi) is 7.73. The van der Waals surface area contributed by atoms with Crippen LogP contribution in [0.15, 0.2) is 155 Å². The second-order valence-electron chi connectivity index (χ2n) is 16.3. The first-order chi connectivity index (χ1) is 28.3. The van der Waals surface area contributed by atoms with Crippen LogP contribution in [0.4, 0.5) is 0 Å². The molecule has 6 nitrogen and oxygen atoms in total. The summed E-state index contributed by atoms with van der Waals surface area (Å²) in [4.78, 5) is 10.3. The fourth-order valence-corrected chi connectivity index (χ4v) is 8.90. The molecule has 0 spiro atoms. The second kappa shape index (κ2) is 12.9. The van der Waals surface area contributed by atoms with E-state index in [0.717, 1.165) is 93.4 Å². The molecule has 59 heavy (non-hydrogen) atoms. The maximum absolute atomic E-state index is 12.5. The molecule has 0 saturated carbocycles. The normalized spacial score (nSPS) is 12.3. The summed E-state index contributed by atoms with van der Waals surface area (Å²) in [6, 6.07) is 51.5. The summed E-state index contributed by atoms with van der Waals surface area (Å²) in [5, 5.41) is 19.8. The molecule has 5 aromatic heterocycles. The van der Waals surface area contributed by atoms with Gasteiger partial charge in [0.25, 0.3) is 0 Å². The van der Waals surface area contributed by atoms with E-state index in [0.29, 0.717) is 27.9 Å². The fraction of sp³-hybridized carbons (Fsp3) is 0.0769. The summed E-state index contributed by atoms with van der Waals surface area (Å²) in [6.45, 7) is 6.68. The van der Waals surface area contributed by atoms with Gasteiger partial charge in [-0.1, -0.05) is 129 Å². The molecule has 0 unspecified atom stereocenters. The molecule has 7 aromatic carbocycles. The van der Waals surface area contributed by atoms with E-state index in [1.54, 1.807) is 0 Å². The zero-order chi connectivity index (χ0) is 38.9. The van der Waals surface area contributed by atoms with Gasteiger partial charge in [0, 0.05) is 54.5 Å². The molecule has 0 aliphatic carbocycles. The van der Waals surface area contributed by atoms with E-state index in [1.807, 2.05) is 54.7 Å². The van der Waals surface area contributed by atoms with Crippen molar-refractivity contribution in [3.05, 3.63) is 157 Å². The van der Waals surface area contributed by atoms with Gasteiger partial charge in [0.2, 0.25) is 5.71 Å². The first-order valence-corrected chi connectivity index (χ1v) is 19.5. The van der Waals surface area contributed by atoms with E-state index < -0.39 is 0 Å². The smallest absolute Gasteiger partial charge is 0.214 e. The van der Waals surface area contributed by atoms with Gasteiger partial charge in [-0.3, -0.25) is 9.38 Å². The number of phenols is 1. The summed E-state index contributed by atoms with van der Waals surface area (Å²) < 4.78 is 15.3. The number of fused-ring (bicyclic) bond motifs is 15. The molecule has 7 heteroatoms. The summed E-state index contributed by atoms with van der Waals surface area (Å²) >= 11 is 0. The minimum absolute atomic E-state index is 0. The Morgan fingerprint density at radius 1 is 0.627 bits per heavy atom. The molecule has 0 fully saturated rings. The van der Waals surface area contributed by atoms with Gasteiger partial charge >= 0.3 is 0 Å². The SMILES string of the molecule is CC(C)(C)c1cc(-c2cc(-c3ccccc3)ccn2)[c-]c(-c2cccc3c2nc2c4c(O)c5oc6ccc7ccccc7c6c5cc4c4c5ccccc5oc4n32)c1.[Pt]. The van der Waals surface area contributed by atoms with Crippen LogP contribution in [-0.2, 0) is 26.5 Å². The first kappa shape index (κ1) is 35.4.